The van der Waals surface area contributed by atoms with Crippen molar-refractivity contribution >= 4 is 22.5 Å². The van der Waals surface area contributed by atoms with Crippen molar-refractivity contribution in [3.63, 3.8) is 0 Å². The maximum atomic E-state index is 13.7. The molecule has 1 N–H and O–H groups in total. The smallest absolute Gasteiger partial charge is 0.256 e. The molecule has 3 aromatic heterocycles. The molecule has 36 heavy (non-hydrogen) atoms. The highest BCUT2D eigenvalue weighted by Gasteiger charge is 2.21. The molecule has 0 unspecified atom stereocenters. The highest BCUT2D eigenvalue weighted by molar-refractivity contribution is 6.13. The van der Waals surface area contributed by atoms with Crippen LogP contribution in [0.2, 0.25) is 0 Å². The van der Waals surface area contributed by atoms with Crippen LogP contribution in [-0.2, 0) is 13.6 Å². The number of rotatable bonds is 5. The van der Waals surface area contributed by atoms with Crippen LogP contribution in [0.15, 0.2) is 54.6 Å². The number of hydrogen-bond acceptors (Lipinski definition) is 4. The second-order valence-corrected chi connectivity index (χ2v) is 9.33. The molecule has 5 aromatic rings. The minimum Gasteiger partial charge on any atom is -0.319 e. The Bertz CT molecular complexity index is 1620. The predicted octanol–water partition coefficient (Wildman–Crippen LogP) is 5.67. The first kappa shape index (κ1) is 23.5. The number of aryl methyl sites for hydroxylation is 4. The average molecular weight is 479 g/mol. The molecule has 0 aliphatic rings. The van der Waals surface area contributed by atoms with E-state index >= 15 is 0 Å². The highest BCUT2D eigenvalue weighted by atomic mass is 16.1. The summed E-state index contributed by atoms with van der Waals surface area (Å²) in [6, 6.07) is 17.9. The Morgan fingerprint density at radius 3 is 2.33 bits per heavy atom. The fourth-order valence-corrected chi connectivity index (χ4v) is 4.80. The van der Waals surface area contributed by atoms with Gasteiger partial charge in [0.15, 0.2) is 0 Å². The molecule has 7 nitrogen and oxygen atoms in total. The van der Waals surface area contributed by atoms with Crippen LogP contribution >= 0.6 is 0 Å². The Hall–Kier alpha value is -4.26. The summed E-state index contributed by atoms with van der Waals surface area (Å²) in [4.78, 5) is 18.6. The molecule has 2 aromatic carbocycles. The first-order valence-corrected chi connectivity index (χ1v) is 12.0. The predicted molar refractivity (Wildman–Crippen MR) is 143 cm³/mol. The summed E-state index contributed by atoms with van der Waals surface area (Å²) >= 11 is 0. The van der Waals surface area contributed by atoms with Crippen LogP contribution in [-0.4, -0.2) is 30.5 Å². The Kier molecular flexibility index (Phi) is 5.92. The van der Waals surface area contributed by atoms with Gasteiger partial charge in [-0.1, -0.05) is 42.5 Å². The van der Waals surface area contributed by atoms with E-state index in [-0.39, 0.29) is 5.91 Å². The molecule has 182 valence electrons. The topological polar surface area (TPSA) is 77.6 Å². The lowest BCUT2D eigenvalue weighted by Crippen LogP contribution is -2.14. The van der Waals surface area contributed by atoms with Crippen molar-refractivity contribution in [3.8, 4) is 11.3 Å². The Labute approximate surface area is 210 Å². The second-order valence-electron chi connectivity index (χ2n) is 9.33. The highest BCUT2D eigenvalue weighted by Crippen LogP contribution is 2.30. The van der Waals surface area contributed by atoms with Gasteiger partial charge in [-0.25, -0.2) is 4.98 Å². The quantitative estimate of drug-likeness (QED) is 0.353. The molecular weight excluding hydrogens is 448 g/mol. The third-order valence-corrected chi connectivity index (χ3v) is 6.93. The van der Waals surface area contributed by atoms with Gasteiger partial charge in [-0.05, 0) is 57.9 Å². The van der Waals surface area contributed by atoms with E-state index in [2.05, 4.69) is 29.5 Å². The summed E-state index contributed by atoms with van der Waals surface area (Å²) in [6.45, 7) is 10.6. The third kappa shape index (κ3) is 4.06. The molecule has 0 aliphatic heterocycles. The lowest BCUT2D eigenvalue weighted by Gasteiger charge is -2.12. The molecule has 0 spiro atoms. The van der Waals surface area contributed by atoms with Crippen LogP contribution in [0.25, 0.3) is 22.2 Å². The summed E-state index contributed by atoms with van der Waals surface area (Å²) < 4.78 is 3.79. The van der Waals surface area contributed by atoms with Gasteiger partial charge in [0.05, 0.1) is 46.1 Å². The maximum absolute atomic E-state index is 13.7. The van der Waals surface area contributed by atoms with E-state index in [1.165, 1.54) is 11.1 Å². The molecule has 0 atom stereocenters. The van der Waals surface area contributed by atoms with Crippen LogP contribution in [0.4, 0.5) is 5.69 Å². The number of carbonyl (C=O) groups is 1. The van der Waals surface area contributed by atoms with Gasteiger partial charge in [0.1, 0.15) is 0 Å². The lowest BCUT2D eigenvalue weighted by atomic mass is 10.0. The van der Waals surface area contributed by atoms with E-state index in [0.717, 1.165) is 50.6 Å². The van der Waals surface area contributed by atoms with Crippen LogP contribution in [0.5, 0.6) is 0 Å². The van der Waals surface area contributed by atoms with Crippen LogP contribution in [0, 0.1) is 34.6 Å². The summed E-state index contributed by atoms with van der Waals surface area (Å²) in [5.74, 6) is -0.185. The maximum Gasteiger partial charge on any atom is 0.256 e. The van der Waals surface area contributed by atoms with E-state index in [0.29, 0.717) is 12.1 Å². The van der Waals surface area contributed by atoms with Crippen molar-refractivity contribution in [2.75, 3.05) is 5.32 Å². The normalized spacial score (nSPS) is 11.3. The third-order valence-electron chi connectivity index (χ3n) is 6.93. The van der Waals surface area contributed by atoms with E-state index in [1.807, 2.05) is 86.6 Å². The number of nitrogens with zero attached hydrogens (tertiary/aromatic N) is 5. The summed E-state index contributed by atoms with van der Waals surface area (Å²) in [7, 11) is 1.92. The molecule has 1 amide bonds. The molecule has 0 fully saturated rings. The number of pyridine rings is 1. The van der Waals surface area contributed by atoms with Gasteiger partial charge in [-0.3, -0.25) is 14.2 Å². The van der Waals surface area contributed by atoms with Gasteiger partial charge >= 0.3 is 0 Å². The van der Waals surface area contributed by atoms with Gasteiger partial charge in [-0.15, -0.1) is 0 Å². The van der Waals surface area contributed by atoms with Crippen molar-refractivity contribution in [1.82, 2.24) is 24.5 Å². The van der Waals surface area contributed by atoms with Crippen molar-refractivity contribution in [3.05, 3.63) is 94.1 Å². The molecular formula is C29H30N6O. The SMILES string of the molecule is Cc1ccccc1Cn1nc(C)c(NC(=O)c2cc(-c3c(C)nn(C)c3C)nc3ccccc23)c1C. The number of benzene rings is 2. The molecule has 3 heterocycles. The summed E-state index contributed by atoms with van der Waals surface area (Å²) in [5.41, 5.74) is 9.79. The fraction of sp³-hybridized carbons (Fsp3) is 0.241. The van der Waals surface area contributed by atoms with Gasteiger partial charge in [0, 0.05) is 23.7 Å². The standard InChI is InChI=1S/C29H30N6O/c1-17-11-7-8-12-22(17)16-35-21(5)28(19(3)33-35)31-29(36)24-15-26(27-18(2)32-34(6)20(27)4)30-25-14-10-9-13-23(24)25/h7-15H,16H2,1-6H3,(H,31,36). The van der Waals surface area contributed by atoms with Gasteiger partial charge in [0.2, 0.25) is 0 Å². The number of fused-ring (bicyclic) bond motifs is 1. The first-order valence-electron chi connectivity index (χ1n) is 12.0. The molecule has 0 radical (unpaired) electrons. The number of aromatic nitrogens is 5. The Morgan fingerprint density at radius 2 is 1.61 bits per heavy atom. The van der Waals surface area contributed by atoms with Gasteiger partial charge < -0.3 is 5.32 Å². The van der Waals surface area contributed by atoms with Crippen LogP contribution in [0.3, 0.4) is 0 Å². The number of para-hydroxylation sites is 1. The van der Waals surface area contributed by atoms with Crippen molar-refractivity contribution in [1.29, 1.82) is 0 Å². The van der Waals surface area contributed by atoms with Crippen molar-refractivity contribution < 1.29 is 4.79 Å². The summed E-state index contributed by atoms with van der Waals surface area (Å²) in [6.07, 6.45) is 0. The lowest BCUT2D eigenvalue weighted by molar-refractivity contribution is 0.102. The molecule has 0 bridgehead atoms. The summed E-state index contributed by atoms with van der Waals surface area (Å²) in [5, 5.41) is 13.2. The molecule has 0 aliphatic carbocycles. The monoisotopic (exact) mass is 478 g/mol. The van der Waals surface area contributed by atoms with E-state index in [9.17, 15) is 4.79 Å². The van der Waals surface area contributed by atoms with Gasteiger partial charge in [0.25, 0.3) is 5.91 Å². The van der Waals surface area contributed by atoms with E-state index in [4.69, 9.17) is 10.1 Å². The number of amides is 1. The van der Waals surface area contributed by atoms with Crippen LogP contribution in [0.1, 0.15) is 44.3 Å². The number of nitrogens with one attached hydrogen (secondary N) is 1. The fourth-order valence-electron chi connectivity index (χ4n) is 4.80. The second kappa shape index (κ2) is 9.07. The molecule has 0 saturated carbocycles. The average Bonchev–Trinajstić information content (AvgIpc) is 3.27. The number of anilines is 1. The molecule has 7 heteroatoms. The van der Waals surface area contributed by atoms with Gasteiger partial charge in [-0.2, -0.15) is 10.2 Å². The Balaban J connectivity index is 1.54. The Morgan fingerprint density at radius 1 is 0.889 bits per heavy atom. The molecule has 0 saturated heterocycles. The minimum absolute atomic E-state index is 0.185. The van der Waals surface area contributed by atoms with Crippen LogP contribution < -0.4 is 5.32 Å². The van der Waals surface area contributed by atoms with E-state index in [1.54, 1.807) is 0 Å². The van der Waals surface area contributed by atoms with Crippen molar-refractivity contribution in [2.24, 2.45) is 7.05 Å². The number of carbonyl (C=O) groups excluding carboxylic acids is 1. The zero-order chi connectivity index (χ0) is 25.6. The van der Waals surface area contributed by atoms with E-state index < -0.39 is 0 Å². The first-order chi connectivity index (χ1) is 17.2. The van der Waals surface area contributed by atoms with Crippen molar-refractivity contribution in [2.45, 2.75) is 41.2 Å². The molecule has 5 rings (SSSR count). The number of hydrogen-bond donors (Lipinski definition) is 1. The zero-order valence-corrected chi connectivity index (χ0v) is 21.5. The zero-order valence-electron chi connectivity index (χ0n) is 21.5. The minimum atomic E-state index is -0.185. The largest absolute Gasteiger partial charge is 0.319 e.